The largest absolute Gasteiger partial charge is 0.494 e. The van der Waals surface area contributed by atoms with Crippen molar-refractivity contribution in [3.05, 3.63) is 52.0 Å². The highest BCUT2D eigenvalue weighted by Gasteiger charge is 2.29. The van der Waals surface area contributed by atoms with Gasteiger partial charge in [-0.1, -0.05) is 35.3 Å². The van der Waals surface area contributed by atoms with Crippen LogP contribution in [0.2, 0.25) is 10.0 Å². The van der Waals surface area contributed by atoms with Gasteiger partial charge < -0.3 is 14.7 Å². The summed E-state index contributed by atoms with van der Waals surface area (Å²) in [5.41, 5.74) is 2.25. The Morgan fingerprint density at radius 2 is 1.79 bits per heavy atom. The lowest BCUT2D eigenvalue weighted by Gasteiger charge is -2.36. The average Bonchev–Trinajstić information content (AvgIpc) is 2.80. The number of amides is 2. The van der Waals surface area contributed by atoms with Gasteiger partial charge in [0.2, 0.25) is 5.91 Å². The lowest BCUT2D eigenvalue weighted by atomic mass is 10.0. The van der Waals surface area contributed by atoms with E-state index in [-0.39, 0.29) is 6.42 Å². The fourth-order valence-corrected chi connectivity index (χ4v) is 4.74. The minimum atomic E-state index is -1.25. The summed E-state index contributed by atoms with van der Waals surface area (Å²) >= 11 is 12.5. The molecule has 0 aliphatic carbocycles. The number of ether oxygens (including phenoxy) is 1. The Balaban J connectivity index is 1.20. The molecule has 2 heterocycles. The number of carbonyl (C=O) groups excluding carboxylic acids is 1. The van der Waals surface area contributed by atoms with Crippen LogP contribution in [0.1, 0.15) is 24.8 Å². The van der Waals surface area contributed by atoms with Gasteiger partial charge in [0.1, 0.15) is 5.75 Å². The Morgan fingerprint density at radius 3 is 2.55 bits per heavy atom. The Bertz CT molecular complexity index is 1020. The summed E-state index contributed by atoms with van der Waals surface area (Å²) in [5, 5.41) is 10.6. The molecule has 0 radical (unpaired) electrons. The Hall–Kier alpha value is -2.48. The molecule has 176 valence electrons. The number of anilines is 2. The van der Waals surface area contributed by atoms with Gasteiger partial charge in [-0.15, -0.1) is 0 Å². The second-order valence-corrected chi connectivity index (χ2v) is 9.04. The summed E-state index contributed by atoms with van der Waals surface area (Å²) in [6.07, 6.45) is 1.40. The highest BCUT2D eigenvalue weighted by molar-refractivity contribution is 6.43. The topological polar surface area (TPSA) is 73.3 Å². The van der Waals surface area contributed by atoms with Crippen molar-refractivity contribution in [1.82, 2.24) is 4.90 Å². The minimum absolute atomic E-state index is 0.208. The van der Waals surface area contributed by atoms with E-state index in [4.69, 9.17) is 27.9 Å². The smallest absolute Gasteiger partial charge is 0.418 e. The molecule has 7 nitrogen and oxygen atoms in total. The van der Waals surface area contributed by atoms with E-state index in [9.17, 15) is 14.7 Å². The number of carboxylic acid groups (broad SMARTS) is 1. The van der Waals surface area contributed by atoms with E-state index in [0.717, 1.165) is 61.7 Å². The molecule has 1 fully saturated rings. The van der Waals surface area contributed by atoms with Crippen LogP contribution in [-0.2, 0) is 11.2 Å². The lowest BCUT2D eigenvalue weighted by Crippen LogP contribution is -2.46. The SMILES string of the molecule is O=C(O)N1C(=O)CCc2ccc(OCCCCN3CCN(c4cccc(Cl)c4Cl)CC3)cc21. The summed E-state index contributed by atoms with van der Waals surface area (Å²) in [7, 11) is 0. The molecule has 0 spiro atoms. The van der Waals surface area contributed by atoms with Crippen LogP contribution in [0.3, 0.4) is 0 Å². The zero-order chi connectivity index (χ0) is 23.4. The predicted octanol–water partition coefficient (Wildman–Crippen LogP) is 4.93. The van der Waals surface area contributed by atoms with E-state index < -0.39 is 12.0 Å². The third-order valence-electron chi connectivity index (χ3n) is 6.13. The fraction of sp³-hybridized carbons (Fsp3) is 0.417. The predicted molar refractivity (Wildman–Crippen MR) is 130 cm³/mol. The second-order valence-electron chi connectivity index (χ2n) is 8.26. The number of unbranched alkanes of at least 4 members (excludes halogenated alkanes) is 1. The van der Waals surface area contributed by atoms with Crippen molar-refractivity contribution < 1.29 is 19.4 Å². The van der Waals surface area contributed by atoms with Crippen molar-refractivity contribution in [2.45, 2.75) is 25.7 Å². The molecule has 0 unspecified atom stereocenters. The van der Waals surface area contributed by atoms with Gasteiger partial charge in [0.05, 0.1) is 28.0 Å². The summed E-state index contributed by atoms with van der Waals surface area (Å²) in [5.74, 6) is 0.187. The number of carbonyl (C=O) groups is 2. The molecule has 1 saturated heterocycles. The van der Waals surface area contributed by atoms with Crippen LogP contribution in [-0.4, -0.2) is 61.3 Å². The first-order chi connectivity index (χ1) is 15.9. The molecule has 2 aliphatic rings. The van der Waals surface area contributed by atoms with Gasteiger partial charge >= 0.3 is 6.09 Å². The van der Waals surface area contributed by atoms with E-state index in [1.165, 1.54) is 0 Å². The molecular formula is C24H27Cl2N3O4. The molecule has 0 bridgehead atoms. The Labute approximate surface area is 203 Å². The van der Waals surface area contributed by atoms with Crippen LogP contribution in [0, 0.1) is 0 Å². The van der Waals surface area contributed by atoms with Crippen molar-refractivity contribution in [1.29, 1.82) is 0 Å². The maximum absolute atomic E-state index is 12.0. The van der Waals surface area contributed by atoms with E-state index in [0.29, 0.717) is 34.5 Å². The fourth-order valence-electron chi connectivity index (χ4n) is 4.33. The molecule has 0 aromatic heterocycles. The number of piperazine rings is 1. The molecule has 2 amide bonds. The average molecular weight is 492 g/mol. The maximum atomic E-state index is 12.0. The molecular weight excluding hydrogens is 465 g/mol. The molecule has 0 atom stereocenters. The summed E-state index contributed by atoms with van der Waals surface area (Å²) in [6, 6.07) is 11.1. The minimum Gasteiger partial charge on any atom is -0.494 e. The molecule has 1 N–H and O–H groups in total. The second kappa shape index (κ2) is 10.6. The van der Waals surface area contributed by atoms with Gasteiger partial charge in [0.15, 0.2) is 0 Å². The number of hydrogen-bond donors (Lipinski definition) is 1. The van der Waals surface area contributed by atoms with Crippen molar-refractivity contribution in [2.24, 2.45) is 0 Å². The third kappa shape index (κ3) is 5.54. The van der Waals surface area contributed by atoms with Gasteiger partial charge in [-0.2, -0.15) is 0 Å². The van der Waals surface area contributed by atoms with E-state index in [1.807, 2.05) is 24.3 Å². The first-order valence-corrected chi connectivity index (χ1v) is 11.9. The van der Waals surface area contributed by atoms with Crippen LogP contribution >= 0.6 is 23.2 Å². The molecule has 0 saturated carbocycles. The summed E-state index contributed by atoms with van der Waals surface area (Å²) < 4.78 is 5.84. The number of halogens is 2. The van der Waals surface area contributed by atoms with Crippen LogP contribution in [0.4, 0.5) is 16.2 Å². The Morgan fingerprint density at radius 1 is 1.00 bits per heavy atom. The van der Waals surface area contributed by atoms with Crippen molar-refractivity contribution in [3.8, 4) is 5.75 Å². The van der Waals surface area contributed by atoms with Crippen LogP contribution < -0.4 is 14.5 Å². The monoisotopic (exact) mass is 491 g/mol. The number of aryl methyl sites for hydroxylation is 1. The van der Waals surface area contributed by atoms with E-state index in [2.05, 4.69) is 9.80 Å². The highest BCUT2D eigenvalue weighted by Crippen LogP contribution is 2.33. The molecule has 2 aromatic carbocycles. The normalized spacial score (nSPS) is 16.6. The van der Waals surface area contributed by atoms with Crippen molar-refractivity contribution in [2.75, 3.05) is 49.1 Å². The van der Waals surface area contributed by atoms with E-state index in [1.54, 1.807) is 12.1 Å². The summed E-state index contributed by atoms with van der Waals surface area (Å²) in [6.45, 7) is 5.28. The third-order valence-corrected chi connectivity index (χ3v) is 6.94. The van der Waals surface area contributed by atoms with Crippen molar-refractivity contribution in [3.63, 3.8) is 0 Å². The number of nitrogens with zero attached hydrogens (tertiary/aromatic N) is 3. The molecule has 4 rings (SSSR count). The number of imide groups is 1. The number of fused-ring (bicyclic) bond motifs is 1. The molecule has 2 aromatic rings. The van der Waals surface area contributed by atoms with Gasteiger partial charge in [-0.3, -0.25) is 9.69 Å². The lowest BCUT2D eigenvalue weighted by molar-refractivity contribution is -0.118. The Kier molecular flexibility index (Phi) is 7.63. The van der Waals surface area contributed by atoms with Crippen LogP contribution in [0.5, 0.6) is 5.75 Å². The first-order valence-electron chi connectivity index (χ1n) is 11.2. The highest BCUT2D eigenvalue weighted by atomic mass is 35.5. The number of hydrogen-bond acceptors (Lipinski definition) is 5. The van der Waals surface area contributed by atoms with Gasteiger partial charge in [0.25, 0.3) is 0 Å². The number of benzene rings is 2. The quantitative estimate of drug-likeness (QED) is 0.553. The number of rotatable bonds is 7. The van der Waals surface area contributed by atoms with Gasteiger partial charge in [0, 0.05) is 38.7 Å². The molecule has 33 heavy (non-hydrogen) atoms. The van der Waals surface area contributed by atoms with Gasteiger partial charge in [-0.05, 0) is 49.6 Å². The molecule has 9 heteroatoms. The zero-order valence-electron chi connectivity index (χ0n) is 18.3. The van der Waals surface area contributed by atoms with Crippen LogP contribution in [0.25, 0.3) is 0 Å². The van der Waals surface area contributed by atoms with Gasteiger partial charge in [-0.25, -0.2) is 9.69 Å². The zero-order valence-corrected chi connectivity index (χ0v) is 19.8. The first kappa shape index (κ1) is 23.7. The molecule has 2 aliphatic heterocycles. The summed E-state index contributed by atoms with van der Waals surface area (Å²) in [4.78, 5) is 29.0. The standard InChI is InChI=1S/C24H27Cl2N3O4/c25-19-4-3-5-20(23(19)26)28-13-11-27(12-14-28)10-1-2-15-33-18-8-6-17-7-9-22(30)29(24(31)32)21(17)16-18/h3-6,8,16H,1-2,7,9-15H2,(H,31,32). The van der Waals surface area contributed by atoms with Crippen molar-refractivity contribution >= 4 is 46.6 Å². The van der Waals surface area contributed by atoms with Crippen LogP contribution in [0.15, 0.2) is 36.4 Å². The maximum Gasteiger partial charge on any atom is 0.418 e. The van der Waals surface area contributed by atoms with E-state index >= 15 is 0 Å².